The van der Waals surface area contributed by atoms with E-state index >= 15 is 0 Å². The Morgan fingerprint density at radius 2 is 1.72 bits per heavy atom. The molecule has 3 rings (SSSR count). The van der Waals surface area contributed by atoms with Crippen LogP contribution in [0.5, 0.6) is 5.75 Å². The van der Waals surface area contributed by atoms with Crippen LogP contribution >= 0.6 is 0 Å². The van der Waals surface area contributed by atoms with Gasteiger partial charge in [-0.05, 0) is 30.3 Å². The zero-order valence-electron chi connectivity index (χ0n) is 16.8. The van der Waals surface area contributed by atoms with E-state index in [1.54, 1.807) is 25.2 Å². The molecule has 0 bridgehead atoms. The molecule has 1 aromatic heterocycles. The maximum Gasteiger partial charge on any atom is 0.255 e. The van der Waals surface area contributed by atoms with Gasteiger partial charge in [-0.3, -0.25) is 14.6 Å². The van der Waals surface area contributed by atoms with Crippen molar-refractivity contribution in [1.29, 1.82) is 0 Å². The van der Waals surface area contributed by atoms with E-state index in [1.165, 1.54) is 12.4 Å². The number of rotatable bonds is 7. The van der Waals surface area contributed by atoms with E-state index in [9.17, 15) is 9.59 Å². The molecule has 2 aromatic rings. The quantitative estimate of drug-likeness (QED) is 0.711. The van der Waals surface area contributed by atoms with Crippen LogP contribution in [0.3, 0.4) is 0 Å². The first-order valence-corrected chi connectivity index (χ1v) is 9.53. The highest BCUT2D eigenvalue weighted by molar-refractivity contribution is 5.99. The molecule has 8 heteroatoms. The molecule has 1 aliphatic heterocycles. The van der Waals surface area contributed by atoms with Gasteiger partial charge in [0.1, 0.15) is 5.75 Å². The summed E-state index contributed by atoms with van der Waals surface area (Å²) in [5.41, 5.74) is 1.89. The van der Waals surface area contributed by atoms with Crippen LogP contribution in [0.1, 0.15) is 20.7 Å². The summed E-state index contributed by atoms with van der Waals surface area (Å²) in [6.07, 6.45) is 2.96. The Bertz CT molecular complexity index is 833. The van der Waals surface area contributed by atoms with Crippen molar-refractivity contribution in [3.63, 3.8) is 0 Å². The normalized spacial score (nSPS) is 13.9. The molecule has 0 saturated carbocycles. The van der Waals surface area contributed by atoms with E-state index < -0.39 is 0 Å². The molecule has 8 nitrogen and oxygen atoms in total. The third-order valence-corrected chi connectivity index (χ3v) is 4.84. The first-order chi connectivity index (χ1) is 14.1. The number of piperazine rings is 1. The number of hydrogen-bond acceptors (Lipinski definition) is 6. The van der Waals surface area contributed by atoms with Gasteiger partial charge in [0.05, 0.1) is 24.8 Å². The number of aromatic nitrogens is 1. The molecule has 154 valence electrons. The Hall–Kier alpha value is -3.13. The van der Waals surface area contributed by atoms with Crippen LogP contribution in [-0.4, -0.2) is 75.2 Å². The van der Waals surface area contributed by atoms with E-state index in [1.807, 2.05) is 24.3 Å². The highest BCUT2D eigenvalue weighted by atomic mass is 16.5. The van der Waals surface area contributed by atoms with Crippen molar-refractivity contribution in [2.75, 3.05) is 58.5 Å². The fourth-order valence-electron chi connectivity index (χ4n) is 3.19. The summed E-state index contributed by atoms with van der Waals surface area (Å²) in [7, 11) is 3.22. The molecule has 2 heterocycles. The maximum atomic E-state index is 12.9. The highest BCUT2D eigenvalue weighted by Gasteiger charge is 2.23. The van der Waals surface area contributed by atoms with Crippen LogP contribution in [0.2, 0.25) is 0 Å². The second-order valence-electron chi connectivity index (χ2n) is 6.69. The van der Waals surface area contributed by atoms with Crippen LogP contribution < -0.4 is 15.0 Å². The number of benzene rings is 1. The Labute approximate surface area is 170 Å². The second kappa shape index (κ2) is 9.88. The van der Waals surface area contributed by atoms with Crippen LogP contribution in [0.4, 0.5) is 5.69 Å². The number of nitrogens with one attached hydrogen (secondary N) is 1. The predicted octanol–water partition coefficient (Wildman–Crippen LogP) is 1.43. The molecule has 1 N–H and O–H groups in total. The number of carbonyl (C=O) groups is 2. The van der Waals surface area contributed by atoms with Gasteiger partial charge in [-0.15, -0.1) is 0 Å². The summed E-state index contributed by atoms with van der Waals surface area (Å²) in [5.74, 6) is 0.438. The van der Waals surface area contributed by atoms with Crippen molar-refractivity contribution in [3.05, 3.63) is 53.9 Å². The molecule has 1 saturated heterocycles. The van der Waals surface area contributed by atoms with Gasteiger partial charge in [0.25, 0.3) is 11.8 Å². The lowest BCUT2D eigenvalue weighted by Gasteiger charge is -2.36. The summed E-state index contributed by atoms with van der Waals surface area (Å²) >= 11 is 0. The van der Waals surface area contributed by atoms with Crippen LogP contribution in [-0.2, 0) is 4.74 Å². The Morgan fingerprint density at radius 3 is 2.38 bits per heavy atom. The fraction of sp³-hybridized carbons (Fsp3) is 0.381. The summed E-state index contributed by atoms with van der Waals surface area (Å²) in [4.78, 5) is 33.1. The Morgan fingerprint density at radius 1 is 1.03 bits per heavy atom. The molecule has 29 heavy (non-hydrogen) atoms. The van der Waals surface area contributed by atoms with Gasteiger partial charge in [0.2, 0.25) is 0 Å². The smallest absolute Gasteiger partial charge is 0.255 e. The van der Waals surface area contributed by atoms with Crippen LogP contribution in [0.25, 0.3) is 0 Å². The van der Waals surface area contributed by atoms with E-state index in [4.69, 9.17) is 9.47 Å². The third kappa shape index (κ3) is 5.23. The molecule has 0 unspecified atom stereocenters. The zero-order chi connectivity index (χ0) is 20.6. The minimum absolute atomic E-state index is 0.113. The molecule has 1 aliphatic rings. The average molecular weight is 398 g/mol. The number of anilines is 1. The van der Waals surface area contributed by atoms with Gasteiger partial charge in [-0.1, -0.05) is 0 Å². The third-order valence-electron chi connectivity index (χ3n) is 4.84. The number of methoxy groups -OCH3 is 2. The van der Waals surface area contributed by atoms with Gasteiger partial charge in [0.15, 0.2) is 0 Å². The minimum Gasteiger partial charge on any atom is -0.497 e. The number of nitrogens with zero attached hydrogens (tertiary/aromatic N) is 3. The standard InChI is InChI=1S/C21H26N4O4/c1-28-12-7-23-20(26)16-13-17(15-22-14-16)21(27)25-10-8-24(9-11-25)18-3-5-19(29-2)6-4-18/h3-6,13-15H,7-12H2,1-2H3,(H,23,26). The molecule has 0 aliphatic carbocycles. The van der Waals surface area contributed by atoms with Crippen molar-refractivity contribution in [1.82, 2.24) is 15.2 Å². The van der Waals surface area contributed by atoms with Gasteiger partial charge >= 0.3 is 0 Å². The predicted molar refractivity (Wildman–Crippen MR) is 110 cm³/mol. The number of carbonyl (C=O) groups excluding carboxylic acids is 2. The molecular formula is C21H26N4O4. The topological polar surface area (TPSA) is 84.0 Å². The Balaban J connectivity index is 1.58. The van der Waals surface area contributed by atoms with Crippen molar-refractivity contribution < 1.29 is 19.1 Å². The SMILES string of the molecule is COCCNC(=O)c1cncc(C(=O)N2CCN(c3ccc(OC)cc3)CC2)c1. The van der Waals surface area contributed by atoms with Crippen molar-refractivity contribution in [3.8, 4) is 5.75 Å². The summed E-state index contributed by atoms with van der Waals surface area (Å²) in [6.45, 7) is 3.52. The number of ether oxygens (including phenoxy) is 2. The van der Waals surface area contributed by atoms with Gasteiger partial charge in [-0.2, -0.15) is 0 Å². The first-order valence-electron chi connectivity index (χ1n) is 9.53. The minimum atomic E-state index is -0.270. The lowest BCUT2D eigenvalue weighted by atomic mass is 10.1. The number of hydrogen-bond donors (Lipinski definition) is 1. The second-order valence-corrected chi connectivity index (χ2v) is 6.69. The summed E-state index contributed by atoms with van der Waals surface area (Å²) in [6, 6.07) is 9.49. The lowest BCUT2D eigenvalue weighted by Crippen LogP contribution is -2.48. The highest BCUT2D eigenvalue weighted by Crippen LogP contribution is 2.21. The molecular weight excluding hydrogens is 372 g/mol. The van der Waals surface area contributed by atoms with Crippen molar-refractivity contribution >= 4 is 17.5 Å². The first kappa shape index (κ1) is 20.6. The lowest BCUT2D eigenvalue weighted by molar-refractivity contribution is 0.0746. The van der Waals surface area contributed by atoms with E-state index in [0.717, 1.165) is 24.5 Å². The van der Waals surface area contributed by atoms with Gasteiger partial charge in [0, 0.05) is 57.9 Å². The molecule has 0 atom stereocenters. The summed E-state index contributed by atoms with van der Waals surface area (Å²) in [5, 5.41) is 2.73. The maximum absolute atomic E-state index is 12.9. The summed E-state index contributed by atoms with van der Waals surface area (Å²) < 4.78 is 10.1. The fourth-order valence-corrected chi connectivity index (χ4v) is 3.19. The molecule has 0 spiro atoms. The molecule has 1 aromatic carbocycles. The van der Waals surface area contributed by atoms with Crippen molar-refractivity contribution in [2.45, 2.75) is 0 Å². The monoisotopic (exact) mass is 398 g/mol. The van der Waals surface area contributed by atoms with Crippen LogP contribution in [0.15, 0.2) is 42.7 Å². The van der Waals surface area contributed by atoms with E-state index in [0.29, 0.717) is 37.4 Å². The average Bonchev–Trinajstić information content (AvgIpc) is 2.79. The molecule has 0 radical (unpaired) electrons. The van der Waals surface area contributed by atoms with Crippen molar-refractivity contribution in [2.24, 2.45) is 0 Å². The molecule has 2 amide bonds. The number of pyridine rings is 1. The molecule has 1 fully saturated rings. The van der Waals surface area contributed by atoms with Crippen LogP contribution in [0, 0.1) is 0 Å². The Kier molecular flexibility index (Phi) is 7.02. The van der Waals surface area contributed by atoms with E-state index in [-0.39, 0.29) is 11.8 Å². The largest absolute Gasteiger partial charge is 0.497 e. The number of amides is 2. The van der Waals surface area contributed by atoms with Gasteiger partial charge < -0.3 is 24.6 Å². The van der Waals surface area contributed by atoms with E-state index in [2.05, 4.69) is 15.2 Å². The van der Waals surface area contributed by atoms with Gasteiger partial charge in [-0.25, -0.2) is 0 Å². The zero-order valence-corrected chi connectivity index (χ0v) is 16.8.